The van der Waals surface area contributed by atoms with Crippen LogP contribution in [0.1, 0.15) is 39.2 Å². The zero-order valence-corrected chi connectivity index (χ0v) is 11.4. The molecule has 1 unspecified atom stereocenters. The molecule has 0 aliphatic heterocycles. The number of hydrogen-bond donors (Lipinski definition) is 0. The Morgan fingerprint density at radius 3 is 2.18 bits per heavy atom. The topological polar surface area (TPSA) is 3.24 Å². The third-order valence-corrected chi connectivity index (χ3v) is 2.96. The van der Waals surface area contributed by atoms with Gasteiger partial charge < -0.3 is 0 Å². The first-order valence-electron chi connectivity index (χ1n) is 6.75. The lowest BCUT2D eigenvalue weighted by Crippen LogP contribution is -2.33. The molecule has 1 heteroatoms. The molecule has 0 fully saturated rings. The molecule has 0 N–H and O–H groups in total. The van der Waals surface area contributed by atoms with Gasteiger partial charge in [-0.05, 0) is 38.4 Å². The zero-order valence-electron chi connectivity index (χ0n) is 11.4. The Bertz CT molecular complexity index is 310. The molecule has 0 bridgehead atoms. The molecule has 1 aromatic rings. The summed E-state index contributed by atoms with van der Waals surface area (Å²) in [6, 6.07) is 11.0. The SMILES string of the molecule is CCCN(CCC)C(C)C=Cc1ccccc1. The van der Waals surface area contributed by atoms with Gasteiger partial charge in [-0.25, -0.2) is 0 Å². The minimum Gasteiger partial charge on any atom is -0.297 e. The predicted molar refractivity (Wildman–Crippen MR) is 77.1 cm³/mol. The van der Waals surface area contributed by atoms with E-state index in [-0.39, 0.29) is 0 Å². The summed E-state index contributed by atoms with van der Waals surface area (Å²) in [5.41, 5.74) is 1.28. The highest BCUT2D eigenvalue weighted by Gasteiger charge is 2.08. The third kappa shape index (κ3) is 5.18. The highest BCUT2D eigenvalue weighted by atomic mass is 15.1. The van der Waals surface area contributed by atoms with Crippen LogP contribution in [0.15, 0.2) is 36.4 Å². The van der Waals surface area contributed by atoms with E-state index < -0.39 is 0 Å². The van der Waals surface area contributed by atoms with Crippen LogP contribution in [0.4, 0.5) is 0 Å². The lowest BCUT2D eigenvalue weighted by Gasteiger charge is -2.26. The molecule has 0 spiro atoms. The Morgan fingerprint density at radius 1 is 1.06 bits per heavy atom. The Morgan fingerprint density at radius 2 is 1.65 bits per heavy atom. The van der Waals surface area contributed by atoms with Crippen molar-refractivity contribution < 1.29 is 0 Å². The van der Waals surface area contributed by atoms with Gasteiger partial charge in [-0.2, -0.15) is 0 Å². The fraction of sp³-hybridized carbons (Fsp3) is 0.500. The number of hydrogen-bond acceptors (Lipinski definition) is 1. The van der Waals surface area contributed by atoms with Crippen molar-refractivity contribution in [3.05, 3.63) is 42.0 Å². The maximum absolute atomic E-state index is 2.54. The van der Waals surface area contributed by atoms with Gasteiger partial charge in [-0.15, -0.1) is 0 Å². The van der Waals surface area contributed by atoms with Crippen molar-refractivity contribution >= 4 is 6.08 Å². The van der Waals surface area contributed by atoms with Crippen molar-refractivity contribution in [2.75, 3.05) is 13.1 Å². The monoisotopic (exact) mass is 231 g/mol. The first-order chi connectivity index (χ1) is 8.27. The van der Waals surface area contributed by atoms with Crippen LogP contribution in [0.5, 0.6) is 0 Å². The molecule has 0 aromatic heterocycles. The Hall–Kier alpha value is -1.08. The van der Waals surface area contributed by atoms with Crippen LogP contribution in [0.3, 0.4) is 0 Å². The molecule has 1 nitrogen and oxygen atoms in total. The lowest BCUT2D eigenvalue weighted by atomic mass is 10.1. The average Bonchev–Trinajstić information content (AvgIpc) is 2.37. The fourth-order valence-corrected chi connectivity index (χ4v) is 2.03. The van der Waals surface area contributed by atoms with Gasteiger partial charge in [0.2, 0.25) is 0 Å². The molecular formula is C16H25N. The average molecular weight is 231 g/mol. The minimum atomic E-state index is 0.523. The first kappa shape index (κ1) is 14.0. The van der Waals surface area contributed by atoms with Crippen molar-refractivity contribution in [3.63, 3.8) is 0 Å². The van der Waals surface area contributed by atoms with E-state index in [2.05, 4.69) is 68.2 Å². The fourth-order valence-electron chi connectivity index (χ4n) is 2.03. The second kappa shape index (κ2) is 8.08. The quantitative estimate of drug-likeness (QED) is 0.679. The van der Waals surface area contributed by atoms with Crippen LogP contribution in [-0.2, 0) is 0 Å². The minimum absolute atomic E-state index is 0.523. The highest BCUT2D eigenvalue weighted by Crippen LogP contribution is 2.07. The van der Waals surface area contributed by atoms with Gasteiger partial charge in [0.15, 0.2) is 0 Å². The maximum atomic E-state index is 2.54. The van der Waals surface area contributed by atoms with Gasteiger partial charge >= 0.3 is 0 Å². The van der Waals surface area contributed by atoms with E-state index in [1.54, 1.807) is 0 Å². The van der Waals surface area contributed by atoms with Crippen molar-refractivity contribution in [3.8, 4) is 0 Å². The van der Waals surface area contributed by atoms with E-state index >= 15 is 0 Å². The molecular weight excluding hydrogens is 206 g/mol. The van der Waals surface area contributed by atoms with E-state index in [0.29, 0.717) is 6.04 Å². The van der Waals surface area contributed by atoms with Crippen molar-refractivity contribution in [2.24, 2.45) is 0 Å². The van der Waals surface area contributed by atoms with Crippen molar-refractivity contribution in [1.82, 2.24) is 4.90 Å². The number of nitrogens with zero attached hydrogens (tertiary/aromatic N) is 1. The summed E-state index contributed by atoms with van der Waals surface area (Å²) in [6.07, 6.45) is 6.98. The van der Waals surface area contributed by atoms with Crippen molar-refractivity contribution in [2.45, 2.75) is 39.7 Å². The summed E-state index contributed by atoms with van der Waals surface area (Å²) in [6.45, 7) is 9.15. The Balaban J connectivity index is 2.56. The molecule has 0 aliphatic carbocycles. The molecule has 0 saturated carbocycles. The lowest BCUT2D eigenvalue weighted by molar-refractivity contribution is 0.242. The molecule has 0 amide bonds. The van der Waals surface area contributed by atoms with Gasteiger partial charge in [-0.3, -0.25) is 4.90 Å². The van der Waals surface area contributed by atoms with E-state index in [4.69, 9.17) is 0 Å². The zero-order chi connectivity index (χ0) is 12.5. The molecule has 0 heterocycles. The van der Waals surface area contributed by atoms with Gasteiger partial charge in [0.1, 0.15) is 0 Å². The Kier molecular flexibility index (Phi) is 6.64. The van der Waals surface area contributed by atoms with Gasteiger partial charge in [0.05, 0.1) is 0 Å². The smallest absolute Gasteiger partial charge is 0.0253 e. The van der Waals surface area contributed by atoms with Crippen molar-refractivity contribution in [1.29, 1.82) is 0 Å². The normalized spacial score (nSPS) is 13.4. The van der Waals surface area contributed by atoms with E-state index in [1.165, 1.54) is 31.5 Å². The van der Waals surface area contributed by atoms with E-state index in [0.717, 1.165) is 0 Å². The van der Waals surface area contributed by atoms with Gasteiger partial charge in [-0.1, -0.05) is 56.3 Å². The van der Waals surface area contributed by atoms with E-state index in [9.17, 15) is 0 Å². The number of benzene rings is 1. The maximum Gasteiger partial charge on any atom is 0.0253 e. The summed E-state index contributed by atoms with van der Waals surface area (Å²) in [4.78, 5) is 2.54. The second-order valence-corrected chi connectivity index (χ2v) is 4.55. The summed E-state index contributed by atoms with van der Waals surface area (Å²) in [7, 11) is 0. The molecule has 0 saturated heterocycles. The summed E-state index contributed by atoms with van der Waals surface area (Å²) < 4.78 is 0. The summed E-state index contributed by atoms with van der Waals surface area (Å²) in [5.74, 6) is 0. The van der Waals surface area contributed by atoms with Crippen LogP contribution in [-0.4, -0.2) is 24.0 Å². The second-order valence-electron chi connectivity index (χ2n) is 4.55. The third-order valence-electron chi connectivity index (χ3n) is 2.96. The molecule has 1 rings (SSSR count). The molecule has 17 heavy (non-hydrogen) atoms. The van der Waals surface area contributed by atoms with Crippen LogP contribution >= 0.6 is 0 Å². The summed E-state index contributed by atoms with van der Waals surface area (Å²) >= 11 is 0. The first-order valence-corrected chi connectivity index (χ1v) is 6.75. The van der Waals surface area contributed by atoms with Crippen LogP contribution < -0.4 is 0 Å². The van der Waals surface area contributed by atoms with Crippen LogP contribution in [0.25, 0.3) is 6.08 Å². The standard InChI is InChI=1S/C16H25N/c1-4-13-17(14-5-2)15(3)11-12-16-9-7-6-8-10-16/h6-12,15H,4-5,13-14H2,1-3H3. The van der Waals surface area contributed by atoms with Gasteiger partial charge in [0.25, 0.3) is 0 Å². The van der Waals surface area contributed by atoms with E-state index in [1.807, 2.05) is 0 Å². The van der Waals surface area contributed by atoms with Gasteiger partial charge in [0, 0.05) is 6.04 Å². The Labute approximate surface area is 106 Å². The van der Waals surface area contributed by atoms with Crippen LogP contribution in [0, 0.1) is 0 Å². The highest BCUT2D eigenvalue weighted by molar-refractivity contribution is 5.49. The number of rotatable bonds is 7. The molecule has 0 radical (unpaired) electrons. The van der Waals surface area contributed by atoms with Crippen LogP contribution in [0.2, 0.25) is 0 Å². The predicted octanol–water partition coefficient (Wildman–Crippen LogP) is 4.21. The molecule has 0 aliphatic rings. The molecule has 94 valence electrons. The summed E-state index contributed by atoms with van der Waals surface area (Å²) in [5, 5.41) is 0. The molecule has 1 atom stereocenters. The molecule has 1 aromatic carbocycles. The largest absolute Gasteiger partial charge is 0.297 e.